The van der Waals surface area contributed by atoms with Crippen LogP contribution in [-0.2, 0) is 16.0 Å². The fourth-order valence-corrected chi connectivity index (χ4v) is 1.74. The third-order valence-corrected chi connectivity index (χ3v) is 2.73. The van der Waals surface area contributed by atoms with Gasteiger partial charge in [-0.05, 0) is 38.8 Å². The van der Waals surface area contributed by atoms with Crippen molar-refractivity contribution in [1.82, 2.24) is 10.6 Å². The van der Waals surface area contributed by atoms with Crippen molar-refractivity contribution in [2.75, 3.05) is 13.1 Å². The first-order valence-electron chi connectivity index (χ1n) is 7.28. The molecule has 0 saturated carbocycles. The molecule has 0 spiro atoms. The Balaban J connectivity index is 2.16. The van der Waals surface area contributed by atoms with Crippen LogP contribution in [0.15, 0.2) is 24.3 Å². The molecule has 1 rings (SSSR count). The molecule has 0 saturated heterocycles. The number of hydrogen-bond acceptors (Lipinski definition) is 4. The molecule has 0 aliphatic rings. The van der Waals surface area contributed by atoms with Gasteiger partial charge >= 0.3 is 6.09 Å². The Hall–Kier alpha value is -2.24. The lowest BCUT2D eigenvalue weighted by atomic mass is 10.1. The van der Waals surface area contributed by atoms with Crippen LogP contribution in [0.25, 0.3) is 0 Å². The van der Waals surface area contributed by atoms with E-state index in [0.717, 1.165) is 5.56 Å². The molecule has 0 unspecified atom stereocenters. The third kappa shape index (κ3) is 7.52. The molecule has 0 bridgehead atoms. The van der Waals surface area contributed by atoms with Crippen LogP contribution in [0.5, 0.6) is 5.75 Å². The van der Waals surface area contributed by atoms with E-state index in [4.69, 9.17) is 4.74 Å². The summed E-state index contributed by atoms with van der Waals surface area (Å²) in [6.45, 7) is 5.99. The van der Waals surface area contributed by atoms with Gasteiger partial charge in [0.05, 0.1) is 0 Å². The molecule has 1 aromatic rings. The Bertz CT molecular complexity index is 509. The number of aryl methyl sites for hydroxylation is 1. The summed E-state index contributed by atoms with van der Waals surface area (Å²) in [4.78, 5) is 23.0. The Morgan fingerprint density at radius 1 is 1.14 bits per heavy atom. The van der Waals surface area contributed by atoms with Crippen LogP contribution < -0.4 is 10.6 Å². The lowest BCUT2D eigenvalue weighted by Crippen LogP contribution is -2.37. The van der Waals surface area contributed by atoms with Gasteiger partial charge in [-0.25, -0.2) is 4.79 Å². The minimum Gasteiger partial charge on any atom is -0.508 e. The maximum atomic E-state index is 11.7. The molecule has 3 N–H and O–H groups in total. The summed E-state index contributed by atoms with van der Waals surface area (Å²) in [5.74, 6) is 0.0659. The fraction of sp³-hybridized carbons (Fsp3) is 0.500. The number of carbonyl (C=O) groups excluding carboxylic acids is 2. The molecule has 0 aliphatic heterocycles. The molecule has 2 amide bonds. The number of alkyl carbamates (subject to hydrolysis) is 1. The second kappa shape index (κ2) is 8.26. The topological polar surface area (TPSA) is 87.7 Å². The van der Waals surface area contributed by atoms with Crippen LogP contribution in [0, 0.1) is 0 Å². The average molecular weight is 308 g/mol. The zero-order valence-electron chi connectivity index (χ0n) is 13.3. The SMILES string of the molecule is CC(C)(C)OC(=O)NCCNC(=O)CCc1ccccc1O. The van der Waals surface area contributed by atoms with Crippen molar-refractivity contribution in [3.8, 4) is 5.75 Å². The van der Waals surface area contributed by atoms with Crippen molar-refractivity contribution in [3.05, 3.63) is 29.8 Å². The van der Waals surface area contributed by atoms with Crippen molar-refractivity contribution in [2.45, 2.75) is 39.2 Å². The number of nitrogens with one attached hydrogen (secondary N) is 2. The number of ether oxygens (including phenoxy) is 1. The second-order valence-electron chi connectivity index (χ2n) is 5.91. The van der Waals surface area contributed by atoms with Gasteiger partial charge < -0.3 is 20.5 Å². The van der Waals surface area contributed by atoms with Crippen LogP contribution in [-0.4, -0.2) is 35.8 Å². The molecule has 22 heavy (non-hydrogen) atoms. The molecule has 6 nitrogen and oxygen atoms in total. The standard InChI is InChI=1S/C16H24N2O4/c1-16(2,3)22-15(21)18-11-10-17-14(20)9-8-12-6-4-5-7-13(12)19/h4-7,19H,8-11H2,1-3H3,(H,17,20)(H,18,21). The maximum absolute atomic E-state index is 11.7. The van der Waals surface area contributed by atoms with Crippen LogP contribution in [0.2, 0.25) is 0 Å². The number of hydrogen-bond donors (Lipinski definition) is 3. The Labute approximate surface area is 130 Å². The fourth-order valence-electron chi connectivity index (χ4n) is 1.74. The van der Waals surface area contributed by atoms with E-state index in [2.05, 4.69) is 10.6 Å². The summed E-state index contributed by atoms with van der Waals surface area (Å²) in [5, 5.41) is 14.9. The van der Waals surface area contributed by atoms with E-state index in [1.807, 2.05) is 6.07 Å². The minimum atomic E-state index is -0.537. The summed E-state index contributed by atoms with van der Waals surface area (Å²) < 4.78 is 5.07. The molecule has 0 heterocycles. The highest BCUT2D eigenvalue weighted by molar-refractivity contribution is 5.76. The monoisotopic (exact) mass is 308 g/mol. The first-order chi connectivity index (χ1) is 10.3. The van der Waals surface area contributed by atoms with E-state index < -0.39 is 11.7 Å². The van der Waals surface area contributed by atoms with E-state index in [1.54, 1.807) is 39.0 Å². The summed E-state index contributed by atoms with van der Waals surface area (Å²) in [6.07, 6.45) is 0.248. The van der Waals surface area contributed by atoms with Crippen LogP contribution in [0.4, 0.5) is 4.79 Å². The lowest BCUT2D eigenvalue weighted by Gasteiger charge is -2.19. The highest BCUT2D eigenvalue weighted by Gasteiger charge is 2.15. The number of carbonyl (C=O) groups is 2. The Morgan fingerprint density at radius 3 is 2.41 bits per heavy atom. The van der Waals surface area contributed by atoms with Crippen molar-refractivity contribution in [3.63, 3.8) is 0 Å². The van der Waals surface area contributed by atoms with Gasteiger partial charge in [0, 0.05) is 19.5 Å². The number of rotatable bonds is 6. The van der Waals surface area contributed by atoms with E-state index >= 15 is 0 Å². The largest absolute Gasteiger partial charge is 0.508 e. The average Bonchev–Trinajstić information content (AvgIpc) is 2.41. The smallest absolute Gasteiger partial charge is 0.407 e. The molecule has 6 heteroatoms. The van der Waals surface area contributed by atoms with Gasteiger partial charge in [0.2, 0.25) is 5.91 Å². The van der Waals surface area contributed by atoms with E-state index in [-0.39, 0.29) is 18.1 Å². The maximum Gasteiger partial charge on any atom is 0.407 e. The van der Waals surface area contributed by atoms with Crippen molar-refractivity contribution < 1.29 is 19.4 Å². The predicted molar refractivity (Wildman–Crippen MR) is 83.7 cm³/mol. The number of benzene rings is 1. The number of para-hydroxylation sites is 1. The van der Waals surface area contributed by atoms with Crippen molar-refractivity contribution in [1.29, 1.82) is 0 Å². The molecule has 0 aromatic heterocycles. The number of aromatic hydroxyl groups is 1. The normalized spacial score (nSPS) is 10.9. The zero-order chi connectivity index (χ0) is 16.6. The van der Waals surface area contributed by atoms with Gasteiger partial charge in [0.15, 0.2) is 0 Å². The molecule has 1 aromatic carbocycles. The molecular formula is C16H24N2O4. The van der Waals surface area contributed by atoms with Gasteiger partial charge in [0.25, 0.3) is 0 Å². The molecule has 0 atom stereocenters. The highest BCUT2D eigenvalue weighted by Crippen LogP contribution is 2.16. The van der Waals surface area contributed by atoms with E-state index in [1.165, 1.54) is 0 Å². The van der Waals surface area contributed by atoms with Gasteiger partial charge in [-0.1, -0.05) is 18.2 Å². The van der Waals surface area contributed by atoms with Gasteiger partial charge in [-0.15, -0.1) is 0 Å². The first-order valence-corrected chi connectivity index (χ1v) is 7.28. The Kier molecular flexibility index (Phi) is 6.69. The molecule has 0 radical (unpaired) electrons. The quantitative estimate of drug-likeness (QED) is 0.701. The second-order valence-corrected chi connectivity index (χ2v) is 5.91. The Morgan fingerprint density at radius 2 is 1.77 bits per heavy atom. The van der Waals surface area contributed by atoms with Gasteiger partial charge in [-0.3, -0.25) is 4.79 Å². The first kappa shape index (κ1) is 17.8. The summed E-state index contributed by atoms with van der Waals surface area (Å²) >= 11 is 0. The molecular weight excluding hydrogens is 284 g/mol. The van der Waals surface area contributed by atoms with E-state index in [9.17, 15) is 14.7 Å². The van der Waals surface area contributed by atoms with E-state index in [0.29, 0.717) is 19.5 Å². The van der Waals surface area contributed by atoms with Crippen LogP contribution >= 0.6 is 0 Å². The molecule has 0 fully saturated rings. The molecule has 122 valence electrons. The van der Waals surface area contributed by atoms with Crippen LogP contribution in [0.1, 0.15) is 32.8 Å². The minimum absolute atomic E-state index is 0.130. The number of amides is 2. The summed E-state index contributed by atoms with van der Waals surface area (Å²) in [5.41, 5.74) is 0.204. The summed E-state index contributed by atoms with van der Waals surface area (Å²) in [6, 6.07) is 6.93. The van der Waals surface area contributed by atoms with Crippen LogP contribution in [0.3, 0.4) is 0 Å². The van der Waals surface area contributed by atoms with Crippen molar-refractivity contribution >= 4 is 12.0 Å². The molecule has 0 aliphatic carbocycles. The number of phenols is 1. The third-order valence-electron chi connectivity index (χ3n) is 2.73. The highest BCUT2D eigenvalue weighted by atomic mass is 16.6. The summed E-state index contributed by atoms with van der Waals surface area (Å²) in [7, 11) is 0. The van der Waals surface area contributed by atoms with Gasteiger partial charge in [0.1, 0.15) is 11.4 Å². The predicted octanol–water partition coefficient (Wildman–Crippen LogP) is 1.97. The lowest BCUT2D eigenvalue weighted by molar-refractivity contribution is -0.121. The van der Waals surface area contributed by atoms with Gasteiger partial charge in [-0.2, -0.15) is 0 Å². The van der Waals surface area contributed by atoms with Crippen molar-refractivity contribution in [2.24, 2.45) is 0 Å². The number of phenolic OH excluding ortho intramolecular Hbond substituents is 1. The zero-order valence-corrected chi connectivity index (χ0v) is 13.3.